The van der Waals surface area contributed by atoms with Crippen LogP contribution >= 0.6 is 15.9 Å². The summed E-state index contributed by atoms with van der Waals surface area (Å²) in [4.78, 5) is 36.1. The number of hydrogen-bond donors (Lipinski definition) is 2. The first-order valence-electron chi connectivity index (χ1n) is 13.5. The molecule has 1 aromatic rings. The molecule has 4 unspecified atom stereocenters. The van der Waals surface area contributed by atoms with Gasteiger partial charge in [0.15, 0.2) is 0 Å². The molecule has 0 spiro atoms. The number of nitrogens with one attached hydrogen (secondary N) is 1. The predicted molar refractivity (Wildman–Crippen MR) is 162 cm³/mol. The number of carbonyl (C=O) groups excluding carboxylic acids is 3. The number of halogens is 1. The number of hydrogen-bond acceptors (Lipinski definition) is 6. The lowest BCUT2D eigenvalue weighted by Crippen LogP contribution is -2.34. The van der Waals surface area contributed by atoms with E-state index in [1.165, 1.54) is 5.56 Å². The van der Waals surface area contributed by atoms with Gasteiger partial charge in [0, 0.05) is 22.6 Å². The van der Waals surface area contributed by atoms with Gasteiger partial charge in [0.25, 0.3) is 0 Å². The molecule has 0 radical (unpaired) electrons. The number of nitrogens with two attached hydrogens (primary N) is 1. The Hall–Kier alpha value is -2.19. The first-order chi connectivity index (χ1) is 17.8. The molecule has 7 nitrogen and oxygen atoms in total. The van der Waals surface area contributed by atoms with Crippen LogP contribution in [0.3, 0.4) is 0 Å². The Morgan fingerprint density at radius 3 is 2.11 bits per heavy atom. The largest absolute Gasteiger partial charge is 0.462 e. The van der Waals surface area contributed by atoms with E-state index in [0.717, 1.165) is 35.9 Å². The van der Waals surface area contributed by atoms with E-state index in [2.05, 4.69) is 53.8 Å². The molecule has 0 aliphatic carbocycles. The van der Waals surface area contributed by atoms with Gasteiger partial charge in [0.05, 0.1) is 13.0 Å². The van der Waals surface area contributed by atoms with Crippen LogP contribution in [-0.2, 0) is 19.1 Å². The SMILES string of the molecule is C=C(N)C(C)N(C)C.CCCCC(C)C(CC(=O)NCC=O)OC(=O)CC(C)CC.Cc1ccc(Br)cc1. The number of esters is 1. The minimum absolute atomic E-state index is 0.00426. The maximum atomic E-state index is 12.0. The maximum absolute atomic E-state index is 12.0. The second-order valence-corrected chi connectivity index (χ2v) is 11.0. The molecule has 0 aliphatic rings. The zero-order valence-corrected chi connectivity index (χ0v) is 26.5. The number of benzene rings is 1. The molecule has 0 saturated carbocycles. The van der Waals surface area contributed by atoms with Crippen molar-refractivity contribution >= 4 is 34.1 Å². The van der Waals surface area contributed by atoms with Gasteiger partial charge in [0.2, 0.25) is 5.91 Å². The lowest BCUT2D eigenvalue weighted by Gasteiger charge is -2.24. The molecule has 1 aromatic carbocycles. The van der Waals surface area contributed by atoms with Gasteiger partial charge in [-0.2, -0.15) is 0 Å². The Kier molecular flexibility index (Phi) is 22.7. The summed E-state index contributed by atoms with van der Waals surface area (Å²) in [5.41, 5.74) is 7.42. The van der Waals surface area contributed by atoms with Crippen LogP contribution in [0.5, 0.6) is 0 Å². The second-order valence-electron chi connectivity index (χ2n) is 10.1. The van der Waals surface area contributed by atoms with E-state index in [4.69, 9.17) is 10.5 Å². The van der Waals surface area contributed by atoms with E-state index in [1.54, 1.807) is 0 Å². The summed E-state index contributed by atoms with van der Waals surface area (Å²) in [5.74, 6) is -0.0894. The van der Waals surface area contributed by atoms with Crippen LogP contribution in [0.4, 0.5) is 0 Å². The minimum atomic E-state index is -0.422. The standard InChI is InChI=1S/C17H31NO4.C7H7Br.C6H14N2/c1-5-7-8-14(4)15(12-16(20)18-9-10-19)22-17(21)11-13(3)6-2;1-6-2-4-7(8)5-3-6;1-5(7)6(2)8(3)4/h10,13-15H,5-9,11-12H2,1-4H3,(H,18,20);2-5H,1H3;6H,1,7H2,2-4H3. The third kappa shape index (κ3) is 20.8. The Bertz CT molecular complexity index is 778. The second kappa shape index (κ2) is 22.8. The van der Waals surface area contributed by atoms with E-state index in [0.29, 0.717) is 12.7 Å². The molecule has 8 heteroatoms. The van der Waals surface area contributed by atoms with Gasteiger partial charge in [-0.3, -0.25) is 9.59 Å². The lowest BCUT2D eigenvalue weighted by molar-refractivity contribution is -0.154. The van der Waals surface area contributed by atoms with E-state index < -0.39 is 6.10 Å². The lowest BCUT2D eigenvalue weighted by atomic mass is 9.95. The van der Waals surface area contributed by atoms with Crippen LogP contribution in [0, 0.1) is 18.8 Å². The number of ether oxygens (including phenoxy) is 1. The van der Waals surface area contributed by atoms with Crippen LogP contribution in [0.1, 0.15) is 78.7 Å². The van der Waals surface area contributed by atoms with E-state index in [-0.39, 0.29) is 42.7 Å². The number of amides is 1. The molecule has 4 atom stereocenters. The van der Waals surface area contributed by atoms with Crippen molar-refractivity contribution in [3.8, 4) is 0 Å². The van der Waals surface area contributed by atoms with Crippen molar-refractivity contribution in [1.82, 2.24) is 10.2 Å². The molecule has 0 aliphatic heterocycles. The molecule has 1 rings (SSSR count). The summed E-state index contributed by atoms with van der Waals surface area (Å²) in [6.07, 6.45) is 4.65. The zero-order valence-electron chi connectivity index (χ0n) is 24.9. The third-order valence-corrected chi connectivity index (χ3v) is 6.76. The average Bonchev–Trinajstić information content (AvgIpc) is 2.87. The van der Waals surface area contributed by atoms with Crippen molar-refractivity contribution in [2.24, 2.45) is 17.6 Å². The summed E-state index contributed by atoms with van der Waals surface area (Å²) < 4.78 is 6.69. The van der Waals surface area contributed by atoms with Crippen molar-refractivity contribution in [1.29, 1.82) is 0 Å². The van der Waals surface area contributed by atoms with E-state index in [1.807, 2.05) is 58.8 Å². The Balaban J connectivity index is 0. The van der Waals surface area contributed by atoms with Crippen molar-refractivity contribution < 1.29 is 19.1 Å². The fourth-order valence-electron chi connectivity index (χ4n) is 2.99. The van der Waals surface area contributed by atoms with Crippen molar-refractivity contribution in [2.75, 3.05) is 20.6 Å². The molecule has 38 heavy (non-hydrogen) atoms. The van der Waals surface area contributed by atoms with Crippen LogP contribution in [0.15, 0.2) is 41.0 Å². The summed E-state index contributed by atoms with van der Waals surface area (Å²) >= 11 is 3.35. The summed E-state index contributed by atoms with van der Waals surface area (Å²) in [5, 5.41) is 2.50. The van der Waals surface area contributed by atoms with Gasteiger partial charge < -0.3 is 25.5 Å². The number of aryl methyl sites for hydroxylation is 1. The fraction of sp³-hybridized carbons (Fsp3) is 0.633. The number of likely N-dealkylation sites (N-methyl/N-ethyl adjacent to an activating group) is 1. The van der Waals surface area contributed by atoms with Gasteiger partial charge in [-0.05, 0) is 58.3 Å². The van der Waals surface area contributed by atoms with Crippen molar-refractivity contribution in [3.63, 3.8) is 0 Å². The highest BCUT2D eigenvalue weighted by molar-refractivity contribution is 9.10. The zero-order chi connectivity index (χ0) is 29.7. The van der Waals surface area contributed by atoms with Crippen LogP contribution in [0.2, 0.25) is 0 Å². The van der Waals surface area contributed by atoms with Crippen molar-refractivity contribution in [3.05, 3.63) is 46.6 Å². The topological polar surface area (TPSA) is 102 Å². The Labute approximate surface area is 240 Å². The highest BCUT2D eigenvalue weighted by atomic mass is 79.9. The van der Waals surface area contributed by atoms with Crippen LogP contribution in [-0.4, -0.2) is 55.8 Å². The summed E-state index contributed by atoms with van der Waals surface area (Å²) in [7, 11) is 3.95. The number of carbonyl (C=O) groups is 3. The van der Waals surface area contributed by atoms with Crippen LogP contribution < -0.4 is 11.1 Å². The molecule has 3 N–H and O–H groups in total. The van der Waals surface area contributed by atoms with Gasteiger partial charge >= 0.3 is 5.97 Å². The molecule has 0 saturated heterocycles. The molecule has 0 bridgehead atoms. The molecule has 0 heterocycles. The van der Waals surface area contributed by atoms with Gasteiger partial charge in [-0.1, -0.05) is 87.2 Å². The highest BCUT2D eigenvalue weighted by Crippen LogP contribution is 2.20. The first-order valence-corrected chi connectivity index (χ1v) is 14.3. The van der Waals surface area contributed by atoms with E-state index in [9.17, 15) is 14.4 Å². The third-order valence-electron chi connectivity index (χ3n) is 6.23. The molecular weight excluding hydrogens is 546 g/mol. The predicted octanol–water partition coefficient (Wildman–Crippen LogP) is 6.03. The molecule has 0 fully saturated rings. The summed E-state index contributed by atoms with van der Waals surface area (Å²) in [6.45, 7) is 15.9. The quantitative estimate of drug-likeness (QED) is 0.200. The number of unbranched alkanes of at least 4 members (excludes halogenated alkanes) is 1. The number of nitrogens with zero attached hydrogens (tertiary/aromatic N) is 1. The Morgan fingerprint density at radius 1 is 1.13 bits per heavy atom. The van der Waals surface area contributed by atoms with Crippen LogP contribution in [0.25, 0.3) is 0 Å². The number of rotatable bonds is 14. The first kappa shape index (κ1) is 38.0. The van der Waals surface area contributed by atoms with E-state index >= 15 is 0 Å². The van der Waals surface area contributed by atoms with Gasteiger partial charge in [0.1, 0.15) is 12.4 Å². The smallest absolute Gasteiger partial charge is 0.306 e. The molecular formula is C30H52BrN3O4. The van der Waals surface area contributed by atoms with Gasteiger partial charge in [-0.15, -0.1) is 0 Å². The van der Waals surface area contributed by atoms with Gasteiger partial charge in [-0.25, -0.2) is 0 Å². The molecule has 218 valence electrons. The maximum Gasteiger partial charge on any atom is 0.306 e. The number of aldehydes is 1. The fourth-order valence-corrected chi connectivity index (χ4v) is 3.26. The monoisotopic (exact) mass is 597 g/mol. The minimum Gasteiger partial charge on any atom is -0.462 e. The normalized spacial score (nSPS) is 13.4. The molecule has 1 amide bonds. The highest BCUT2D eigenvalue weighted by Gasteiger charge is 2.24. The average molecular weight is 599 g/mol. The summed E-state index contributed by atoms with van der Waals surface area (Å²) in [6, 6.07) is 8.51. The van der Waals surface area contributed by atoms with Crippen molar-refractivity contribution in [2.45, 2.75) is 92.2 Å². The Morgan fingerprint density at radius 2 is 1.71 bits per heavy atom. The molecule has 0 aromatic heterocycles.